The van der Waals surface area contributed by atoms with Crippen LogP contribution in [0.5, 0.6) is 0 Å². The van der Waals surface area contributed by atoms with Gasteiger partial charge in [0.15, 0.2) is 0 Å². The van der Waals surface area contributed by atoms with Crippen LogP contribution >= 0.6 is 0 Å². The highest BCUT2D eigenvalue weighted by Gasteiger charge is 2.25. The van der Waals surface area contributed by atoms with Crippen molar-refractivity contribution in [2.75, 3.05) is 19.7 Å². The molecule has 17 heavy (non-hydrogen) atoms. The van der Waals surface area contributed by atoms with Gasteiger partial charge in [-0.05, 0) is 26.7 Å². The number of amides is 1. The van der Waals surface area contributed by atoms with E-state index in [1.165, 1.54) is 32.1 Å². The molecule has 100 valence electrons. The minimum Gasteiger partial charge on any atom is -0.376 e. The number of ether oxygens (including phenoxy) is 1. The topological polar surface area (TPSA) is 64.4 Å². The van der Waals surface area contributed by atoms with E-state index in [9.17, 15) is 4.79 Å². The highest BCUT2D eigenvalue weighted by molar-refractivity contribution is 5.81. The van der Waals surface area contributed by atoms with Crippen molar-refractivity contribution in [3.8, 4) is 0 Å². The molecule has 0 atom stereocenters. The first-order valence-corrected chi connectivity index (χ1v) is 6.66. The highest BCUT2D eigenvalue weighted by Crippen LogP contribution is 2.19. The maximum atomic E-state index is 11.7. The number of carbonyl (C=O) groups is 1. The number of rotatable bonds is 6. The van der Waals surface area contributed by atoms with Crippen LogP contribution in [-0.2, 0) is 9.53 Å². The first-order valence-electron chi connectivity index (χ1n) is 6.66. The van der Waals surface area contributed by atoms with Gasteiger partial charge in [-0.2, -0.15) is 0 Å². The molecular formula is C13H26N2O2. The van der Waals surface area contributed by atoms with E-state index in [1.807, 2.05) is 13.8 Å². The van der Waals surface area contributed by atoms with Crippen molar-refractivity contribution in [2.45, 2.75) is 52.1 Å². The second kappa shape index (κ2) is 6.97. The summed E-state index contributed by atoms with van der Waals surface area (Å²) in [5, 5.41) is 2.87. The molecule has 0 unspecified atom stereocenters. The molecule has 1 aliphatic carbocycles. The third kappa shape index (κ3) is 5.04. The van der Waals surface area contributed by atoms with Crippen LogP contribution in [0, 0.1) is 5.41 Å². The molecule has 3 N–H and O–H groups in total. The summed E-state index contributed by atoms with van der Waals surface area (Å²) < 4.78 is 5.73. The normalized spacial score (nSPS) is 18.1. The van der Waals surface area contributed by atoms with Gasteiger partial charge in [-0.1, -0.05) is 19.3 Å². The Morgan fingerprint density at radius 1 is 1.35 bits per heavy atom. The zero-order valence-corrected chi connectivity index (χ0v) is 11.1. The van der Waals surface area contributed by atoms with Gasteiger partial charge in [-0.3, -0.25) is 4.79 Å². The van der Waals surface area contributed by atoms with Crippen LogP contribution in [0.25, 0.3) is 0 Å². The van der Waals surface area contributed by atoms with Crippen LogP contribution in [0.15, 0.2) is 0 Å². The van der Waals surface area contributed by atoms with Gasteiger partial charge in [0, 0.05) is 13.1 Å². The maximum Gasteiger partial charge on any atom is 0.227 e. The Balaban J connectivity index is 2.09. The van der Waals surface area contributed by atoms with E-state index >= 15 is 0 Å². The highest BCUT2D eigenvalue weighted by atomic mass is 16.5. The van der Waals surface area contributed by atoms with Crippen molar-refractivity contribution < 1.29 is 9.53 Å². The Bertz CT molecular complexity index is 236. The Morgan fingerprint density at radius 2 is 2.00 bits per heavy atom. The van der Waals surface area contributed by atoms with Crippen LogP contribution in [0.2, 0.25) is 0 Å². The van der Waals surface area contributed by atoms with E-state index in [-0.39, 0.29) is 5.91 Å². The Labute approximate surface area is 104 Å². The molecule has 0 aromatic carbocycles. The fraction of sp³-hybridized carbons (Fsp3) is 0.923. The van der Waals surface area contributed by atoms with E-state index < -0.39 is 5.41 Å². The smallest absolute Gasteiger partial charge is 0.227 e. The summed E-state index contributed by atoms with van der Waals surface area (Å²) in [6.45, 7) is 5.26. The molecule has 4 heteroatoms. The standard InChI is InChI=1S/C13H26N2O2/c1-13(2,10-14)12(16)15-8-9-17-11-6-4-3-5-7-11/h11H,3-10,14H2,1-2H3,(H,15,16). The molecule has 0 radical (unpaired) electrons. The molecule has 1 saturated carbocycles. The summed E-state index contributed by atoms with van der Waals surface area (Å²) in [5.41, 5.74) is 5.05. The molecule has 0 spiro atoms. The lowest BCUT2D eigenvalue weighted by molar-refractivity contribution is -0.129. The quantitative estimate of drug-likeness (QED) is 0.693. The largest absolute Gasteiger partial charge is 0.376 e. The monoisotopic (exact) mass is 242 g/mol. The molecule has 0 bridgehead atoms. The van der Waals surface area contributed by atoms with Crippen molar-refractivity contribution in [1.29, 1.82) is 0 Å². The van der Waals surface area contributed by atoms with Crippen molar-refractivity contribution in [3.63, 3.8) is 0 Å². The number of hydrogen-bond donors (Lipinski definition) is 2. The number of hydrogen-bond acceptors (Lipinski definition) is 3. The van der Waals surface area contributed by atoms with E-state index in [1.54, 1.807) is 0 Å². The molecule has 1 amide bonds. The molecule has 1 fully saturated rings. The number of nitrogens with one attached hydrogen (secondary N) is 1. The van der Waals surface area contributed by atoms with Gasteiger partial charge < -0.3 is 15.8 Å². The number of nitrogens with two attached hydrogens (primary N) is 1. The fourth-order valence-electron chi connectivity index (χ4n) is 1.95. The van der Waals surface area contributed by atoms with Crippen molar-refractivity contribution in [3.05, 3.63) is 0 Å². The average molecular weight is 242 g/mol. The van der Waals surface area contributed by atoms with Crippen LogP contribution in [0.3, 0.4) is 0 Å². The molecule has 0 heterocycles. The lowest BCUT2D eigenvalue weighted by atomic mass is 9.93. The minimum absolute atomic E-state index is 0.00671. The van der Waals surface area contributed by atoms with Crippen LogP contribution in [-0.4, -0.2) is 31.7 Å². The second-order valence-corrected chi connectivity index (χ2v) is 5.47. The van der Waals surface area contributed by atoms with Gasteiger partial charge in [-0.25, -0.2) is 0 Å². The summed E-state index contributed by atoms with van der Waals surface area (Å²) in [4.78, 5) is 11.7. The fourth-order valence-corrected chi connectivity index (χ4v) is 1.95. The summed E-state index contributed by atoms with van der Waals surface area (Å²) in [6.07, 6.45) is 6.63. The van der Waals surface area contributed by atoms with Gasteiger partial charge in [-0.15, -0.1) is 0 Å². The lowest BCUT2D eigenvalue weighted by Crippen LogP contribution is -2.43. The summed E-state index contributed by atoms with van der Waals surface area (Å²) in [7, 11) is 0. The van der Waals surface area contributed by atoms with Gasteiger partial charge in [0.1, 0.15) is 0 Å². The predicted molar refractivity (Wildman–Crippen MR) is 68.7 cm³/mol. The van der Waals surface area contributed by atoms with Crippen LogP contribution in [0.1, 0.15) is 46.0 Å². The zero-order valence-electron chi connectivity index (χ0n) is 11.1. The molecule has 4 nitrogen and oxygen atoms in total. The molecule has 1 rings (SSSR count). The molecule has 1 aliphatic rings. The van der Waals surface area contributed by atoms with Crippen molar-refractivity contribution in [1.82, 2.24) is 5.32 Å². The summed E-state index contributed by atoms with van der Waals surface area (Å²) in [6, 6.07) is 0. The van der Waals surface area contributed by atoms with Crippen molar-refractivity contribution in [2.24, 2.45) is 11.1 Å². The Hall–Kier alpha value is -0.610. The first kappa shape index (κ1) is 14.5. The molecule has 0 aromatic heterocycles. The molecule has 0 aromatic rings. The molecule has 0 aliphatic heterocycles. The van der Waals surface area contributed by atoms with Gasteiger partial charge in [0.25, 0.3) is 0 Å². The molecular weight excluding hydrogens is 216 g/mol. The van der Waals surface area contributed by atoms with E-state index in [0.29, 0.717) is 25.8 Å². The van der Waals surface area contributed by atoms with E-state index in [2.05, 4.69) is 5.32 Å². The second-order valence-electron chi connectivity index (χ2n) is 5.47. The average Bonchev–Trinajstić information content (AvgIpc) is 2.35. The maximum absolute atomic E-state index is 11.7. The Kier molecular flexibility index (Phi) is 5.92. The van der Waals surface area contributed by atoms with Gasteiger partial charge in [0.05, 0.1) is 18.1 Å². The van der Waals surface area contributed by atoms with Crippen LogP contribution in [0.4, 0.5) is 0 Å². The summed E-state index contributed by atoms with van der Waals surface area (Å²) in [5.74, 6) is 0.00671. The minimum atomic E-state index is -0.481. The number of carbonyl (C=O) groups excluding carboxylic acids is 1. The third-order valence-corrected chi connectivity index (χ3v) is 3.42. The molecule has 0 saturated heterocycles. The van der Waals surface area contributed by atoms with Crippen molar-refractivity contribution >= 4 is 5.91 Å². The zero-order chi connectivity index (χ0) is 12.7. The van der Waals surface area contributed by atoms with Crippen LogP contribution < -0.4 is 11.1 Å². The lowest BCUT2D eigenvalue weighted by Gasteiger charge is -2.23. The predicted octanol–water partition coefficient (Wildman–Crippen LogP) is 1.44. The SMILES string of the molecule is CC(C)(CN)C(=O)NCCOC1CCCCC1. The first-order chi connectivity index (χ1) is 8.06. The third-order valence-electron chi connectivity index (χ3n) is 3.42. The van der Waals surface area contributed by atoms with Gasteiger partial charge >= 0.3 is 0 Å². The van der Waals surface area contributed by atoms with E-state index in [4.69, 9.17) is 10.5 Å². The Morgan fingerprint density at radius 3 is 2.59 bits per heavy atom. The van der Waals surface area contributed by atoms with E-state index in [0.717, 1.165) is 0 Å². The summed E-state index contributed by atoms with van der Waals surface area (Å²) >= 11 is 0. The van der Waals surface area contributed by atoms with Gasteiger partial charge in [0.2, 0.25) is 5.91 Å².